The highest BCUT2D eigenvalue weighted by molar-refractivity contribution is 6.00. The average Bonchev–Trinajstić information content (AvgIpc) is 2.44. The molecule has 130 valence electrons. The summed E-state index contributed by atoms with van der Waals surface area (Å²) < 4.78 is 0. The van der Waals surface area contributed by atoms with E-state index in [9.17, 15) is 24.5 Å². The van der Waals surface area contributed by atoms with Gasteiger partial charge in [-0.3, -0.25) is 19.7 Å². The van der Waals surface area contributed by atoms with Gasteiger partial charge < -0.3 is 15.7 Å². The number of nitrogens with one attached hydrogen (secondary N) is 2. The minimum absolute atomic E-state index is 0.211. The molecule has 0 fully saturated rings. The van der Waals surface area contributed by atoms with Gasteiger partial charge in [-0.15, -0.1) is 0 Å². The van der Waals surface area contributed by atoms with Crippen LogP contribution in [0.4, 0.5) is 5.69 Å². The first kappa shape index (κ1) is 19.1. The van der Waals surface area contributed by atoms with E-state index < -0.39 is 40.0 Å². The summed E-state index contributed by atoms with van der Waals surface area (Å²) in [5.74, 6) is -2.61. The van der Waals surface area contributed by atoms with E-state index in [4.69, 9.17) is 5.11 Å². The molecule has 1 unspecified atom stereocenters. The molecule has 1 aromatic rings. The number of non-ortho nitro benzene ring substituents is 1. The van der Waals surface area contributed by atoms with Gasteiger partial charge in [-0.25, -0.2) is 4.79 Å². The molecule has 0 heterocycles. The molecule has 24 heavy (non-hydrogen) atoms. The Hall–Kier alpha value is -2.97. The van der Waals surface area contributed by atoms with Gasteiger partial charge in [0.25, 0.3) is 11.6 Å². The summed E-state index contributed by atoms with van der Waals surface area (Å²) in [4.78, 5) is 45.2. The van der Waals surface area contributed by atoms with Crippen molar-refractivity contribution in [2.45, 2.75) is 39.3 Å². The molecule has 0 bridgehead atoms. The zero-order chi connectivity index (χ0) is 18.7. The maximum atomic E-state index is 12.2. The minimum atomic E-state index is -1.40. The second kappa shape index (κ2) is 7.07. The number of carboxylic acids is 1. The van der Waals surface area contributed by atoms with Gasteiger partial charge in [0.15, 0.2) is 0 Å². The lowest BCUT2D eigenvalue weighted by atomic mass is 10.1. The van der Waals surface area contributed by atoms with Gasteiger partial charge >= 0.3 is 5.97 Å². The molecule has 0 radical (unpaired) electrons. The van der Waals surface area contributed by atoms with Crippen molar-refractivity contribution in [2.75, 3.05) is 0 Å². The van der Waals surface area contributed by atoms with Crippen LogP contribution in [0.3, 0.4) is 0 Å². The van der Waals surface area contributed by atoms with Crippen LogP contribution in [0.15, 0.2) is 18.2 Å². The highest BCUT2D eigenvalue weighted by Gasteiger charge is 2.23. The molecule has 9 heteroatoms. The second-order valence-electron chi connectivity index (χ2n) is 6.27. The number of carbonyl (C=O) groups is 3. The van der Waals surface area contributed by atoms with E-state index in [1.165, 1.54) is 6.92 Å². The van der Waals surface area contributed by atoms with Gasteiger partial charge in [0, 0.05) is 23.2 Å². The quantitative estimate of drug-likeness (QED) is 0.547. The summed E-state index contributed by atoms with van der Waals surface area (Å²) in [6.07, 6.45) is 0. The molecule has 0 saturated heterocycles. The fraction of sp³-hybridized carbons (Fsp3) is 0.400. The van der Waals surface area contributed by atoms with Crippen LogP contribution in [0.2, 0.25) is 0 Å². The molecular weight excluding hydrogens is 318 g/mol. The lowest BCUT2D eigenvalue weighted by molar-refractivity contribution is -0.384. The number of benzene rings is 1. The highest BCUT2D eigenvalue weighted by atomic mass is 16.6. The van der Waals surface area contributed by atoms with Gasteiger partial charge in [-0.2, -0.15) is 0 Å². The maximum Gasteiger partial charge on any atom is 0.335 e. The van der Waals surface area contributed by atoms with Crippen molar-refractivity contribution < 1.29 is 24.4 Å². The Balaban J connectivity index is 3.00. The number of aromatic carboxylic acids is 1. The van der Waals surface area contributed by atoms with Crippen LogP contribution in [0, 0.1) is 10.1 Å². The number of rotatable bonds is 5. The van der Waals surface area contributed by atoms with E-state index in [1.54, 1.807) is 20.8 Å². The van der Waals surface area contributed by atoms with Crippen molar-refractivity contribution in [1.29, 1.82) is 0 Å². The largest absolute Gasteiger partial charge is 0.478 e. The van der Waals surface area contributed by atoms with Crippen LogP contribution < -0.4 is 10.6 Å². The van der Waals surface area contributed by atoms with E-state index >= 15 is 0 Å². The lowest BCUT2D eigenvalue weighted by Gasteiger charge is -2.23. The minimum Gasteiger partial charge on any atom is -0.478 e. The van der Waals surface area contributed by atoms with Gasteiger partial charge in [-0.1, -0.05) is 0 Å². The number of hydrogen-bond donors (Lipinski definition) is 3. The molecule has 1 aromatic carbocycles. The first-order valence-corrected chi connectivity index (χ1v) is 7.06. The van der Waals surface area contributed by atoms with Crippen molar-refractivity contribution in [1.82, 2.24) is 10.6 Å². The summed E-state index contributed by atoms with van der Waals surface area (Å²) in [6, 6.07) is 1.92. The Bertz CT molecular complexity index is 661. The zero-order valence-electron chi connectivity index (χ0n) is 13.7. The molecule has 1 rings (SSSR count). The van der Waals surface area contributed by atoms with E-state index in [0.29, 0.717) is 0 Å². The molecule has 1 atom stereocenters. The molecule has 0 aromatic heterocycles. The Morgan fingerprint density at radius 1 is 1.17 bits per heavy atom. The van der Waals surface area contributed by atoms with E-state index in [1.807, 2.05) is 0 Å². The summed E-state index contributed by atoms with van der Waals surface area (Å²) in [5.41, 5.74) is -1.61. The first-order valence-electron chi connectivity index (χ1n) is 7.06. The fourth-order valence-electron chi connectivity index (χ4n) is 1.79. The van der Waals surface area contributed by atoms with Crippen molar-refractivity contribution in [2.24, 2.45) is 0 Å². The number of nitrogens with zero attached hydrogens (tertiary/aromatic N) is 1. The Kier molecular flexibility index (Phi) is 5.62. The SMILES string of the molecule is CC(NC(=O)c1cc(C(=O)O)cc([N+](=O)[O-])c1)C(=O)NC(C)(C)C. The van der Waals surface area contributed by atoms with Gasteiger partial charge in [0.2, 0.25) is 5.91 Å². The normalized spacial score (nSPS) is 12.2. The van der Waals surface area contributed by atoms with Crippen LogP contribution in [-0.2, 0) is 4.79 Å². The molecule has 0 aliphatic rings. The molecule has 2 amide bonds. The van der Waals surface area contributed by atoms with Crippen molar-refractivity contribution in [3.63, 3.8) is 0 Å². The molecule has 0 spiro atoms. The first-order chi connectivity index (χ1) is 10.9. The number of carboxylic acid groups (broad SMARTS) is 1. The molecule has 3 N–H and O–H groups in total. The van der Waals surface area contributed by atoms with Crippen LogP contribution in [0.1, 0.15) is 48.4 Å². The number of nitro groups is 1. The predicted molar refractivity (Wildman–Crippen MR) is 84.9 cm³/mol. The lowest BCUT2D eigenvalue weighted by Crippen LogP contribution is -2.50. The fourth-order valence-corrected chi connectivity index (χ4v) is 1.79. The summed E-state index contributed by atoms with van der Waals surface area (Å²) >= 11 is 0. The van der Waals surface area contributed by atoms with Crippen molar-refractivity contribution >= 4 is 23.5 Å². The van der Waals surface area contributed by atoms with Crippen LogP contribution >= 0.6 is 0 Å². The Morgan fingerprint density at radius 2 is 1.71 bits per heavy atom. The number of hydrogen-bond acceptors (Lipinski definition) is 5. The summed E-state index contributed by atoms with van der Waals surface area (Å²) in [7, 11) is 0. The molecule has 0 aliphatic carbocycles. The monoisotopic (exact) mass is 337 g/mol. The van der Waals surface area contributed by atoms with Crippen molar-refractivity contribution in [3.05, 3.63) is 39.4 Å². The van der Waals surface area contributed by atoms with Gasteiger partial charge in [-0.05, 0) is 33.8 Å². The van der Waals surface area contributed by atoms with E-state index in [0.717, 1.165) is 18.2 Å². The standard InChI is InChI=1S/C15H19N3O6/c1-8(12(19)17-15(2,3)4)16-13(20)9-5-10(14(21)22)7-11(6-9)18(23)24/h5-8H,1-4H3,(H,16,20)(H,17,19)(H,21,22). The smallest absolute Gasteiger partial charge is 0.335 e. The molecular formula is C15H19N3O6. The third-order valence-corrected chi connectivity index (χ3v) is 2.88. The Morgan fingerprint density at radius 3 is 2.17 bits per heavy atom. The third kappa shape index (κ3) is 5.34. The topological polar surface area (TPSA) is 139 Å². The number of amides is 2. The van der Waals surface area contributed by atoms with Crippen LogP contribution in [0.25, 0.3) is 0 Å². The number of carbonyl (C=O) groups excluding carboxylic acids is 2. The summed E-state index contributed by atoms with van der Waals surface area (Å²) in [6.45, 7) is 6.78. The Labute approximate surface area is 138 Å². The van der Waals surface area contributed by atoms with E-state index in [-0.39, 0.29) is 11.1 Å². The van der Waals surface area contributed by atoms with Crippen LogP contribution in [-0.4, -0.2) is 39.4 Å². The maximum absolute atomic E-state index is 12.2. The summed E-state index contributed by atoms with van der Waals surface area (Å²) in [5, 5.41) is 24.9. The number of nitro benzene ring substituents is 1. The van der Waals surface area contributed by atoms with Gasteiger partial charge in [0.1, 0.15) is 6.04 Å². The van der Waals surface area contributed by atoms with E-state index in [2.05, 4.69) is 10.6 Å². The molecule has 9 nitrogen and oxygen atoms in total. The third-order valence-electron chi connectivity index (χ3n) is 2.88. The second-order valence-corrected chi connectivity index (χ2v) is 6.27. The average molecular weight is 337 g/mol. The zero-order valence-corrected chi connectivity index (χ0v) is 13.7. The predicted octanol–water partition coefficient (Wildman–Crippen LogP) is 1.33. The molecule has 0 saturated carbocycles. The van der Waals surface area contributed by atoms with Crippen molar-refractivity contribution in [3.8, 4) is 0 Å². The highest BCUT2D eigenvalue weighted by Crippen LogP contribution is 2.17. The molecule has 0 aliphatic heterocycles. The van der Waals surface area contributed by atoms with Crippen LogP contribution in [0.5, 0.6) is 0 Å². The van der Waals surface area contributed by atoms with Gasteiger partial charge in [0.05, 0.1) is 10.5 Å².